The van der Waals surface area contributed by atoms with Gasteiger partial charge in [-0.15, -0.1) is 0 Å². The van der Waals surface area contributed by atoms with E-state index in [2.05, 4.69) is 10.4 Å². The molecule has 1 heterocycles. The number of carbonyl (C=O) groups is 1. The first kappa shape index (κ1) is 16.2. The molecule has 0 radical (unpaired) electrons. The summed E-state index contributed by atoms with van der Waals surface area (Å²) < 4.78 is 29.6. The van der Waals surface area contributed by atoms with Crippen molar-refractivity contribution in [3.8, 4) is 0 Å². The molecule has 2 aromatic rings. The van der Waals surface area contributed by atoms with Crippen LogP contribution in [0.5, 0.6) is 0 Å². The Morgan fingerprint density at radius 1 is 1.12 bits per heavy atom. The third-order valence-electron chi connectivity index (χ3n) is 5.34. The molecule has 132 valence electrons. The van der Waals surface area contributed by atoms with Crippen molar-refractivity contribution >= 4 is 11.7 Å². The Morgan fingerprint density at radius 3 is 2.56 bits per heavy atom. The zero-order chi connectivity index (χ0) is 17.4. The normalized spacial score (nSPS) is 23.4. The maximum absolute atomic E-state index is 13.9. The first-order chi connectivity index (χ1) is 12.1. The molecule has 2 saturated carbocycles. The lowest BCUT2D eigenvalue weighted by molar-refractivity contribution is -0.117. The minimum Gasteiger partial charge on any atom is -0.311 e. The highest BCUT2D eigenvalue weighted by molar-refractivity contribution is 5.94. The number of hydrogen-bond acceptors (Lipinski definition) is 2. The molecule has 2 atom stereocenters. The van der Waals surface area contributed by atoms with Crippen molar-refractivity contribution in [3.05, 3.63) is 47.7 Å². The Labute approximate surface area is 145 Å². The first-order valence-electron chi connectivity index (χ1n) is 8.93. The van der Waals surface area contributed by atoms with Gasteiger partial charge < -0.3 is 5.32 Å². The molecule has 1 aromatic heterocycles. The Hall–Kier alpha value is -2.24. The number of anilines is 1. The van der Waals surface area contributed by atoms with Gasteiger partial charge in [-0.3, -0.25) is 4.79 Å². The van der Waals surface area contributed by atoms with Gasteiger partial charge in [-0.05, 0) is 31.4 Å². The van der Waals surface area contributed by atoms with Crippen LogP contribution in [0.1, 0.15) is 56.0 Å². The maximum Gasteiger partial charge on any atom is 0.229 e. The summed E-state index contributed by atoms with van der Waals surface area (Å²) in [6, 6.07) is 5.92. The standard InChI is InChI=1S/C19H21F2N3O/c20-15-7-4-8-16(21)18(15)13-11-14(13)19(25)23-17-9-10-22-24(17)12-5-2-1-3-6-12/h4,7-10,12-14H,1-3,5-6,11H2,(H,23,25). The molecule has 1 amide bonds. The van der Waals surface area contributed by atoms with Crippen molar-refractivity contribution in [2.45, 2.75) is 50.5 Å². The van der Waals surface area contributed by atoms with Crippen LogP contribution in [0.2, 0.25) is 0 Å². The number of rotatable bonds is 4. The molecule has 4 nitrogen and oxygen atoms in total. The van der Waals surface area contributed by atoms with Gasteiger partial charge >= 0.3 is 0 Å². The maximum atomic E-state index is 13.9. The molecule has 2 unspecified atom stereocenters. The van der Waals surface area contributed by atoms with Gasteiger partial charge in [0.15, 0.2) is 0 Å². The van der Waals surface area contributed by atoms with Gasteiger partial charge in [0, 0.05) is 23.5 Å². The van der Waals surface area contributed by atoms with Crippen molar-refractivity contribution in [1.82, 2.24) is 9.78 Å². The molecule has 2 aliphatic carbocycles. The average molecular weight is 345 g/mol. The van der Waals surface area contributed by atoms with Crippen molar-refractivity contribution in [3.63, 3.8) is 0 Å². The largest absolute Gasteiger partial charge is 0.311 e. The predicted molar refractivity (Wildman–Crippen MR) is 90.2 cm³/mol. The smallest absolute Gasteiger partial charge is 0.229 e. The quantitative estimate of drug-likeness (QED) is 0.892. The highest BCUT2D eigenvalue weighted by Gasteiger charge is 2.46. The van der Waals surface area contributed by atoms with Crippen LogP contribution in [-0.2, 0) is 4.79 Å². The van der Waals surface area contributed by atoms with E-state index < -0.39 is 11.6 Å². The summed E-state index contributed by atoms with van der Waals surface area (Å²) in [4.78, 5) is 12.5. The van der Waals surface area contributed by atoms with E-state index in [9.17, 15) is 13.6 Å². The van der Waals surface area contributed by atoms with Gasteiger partial charge in [0.25, 0.3) is 0 Å². The van der Waals surface area contributed by atoms with Gasteiger partial charge in [0.2, 0.25) is 5.91 Å². The number of hydrogen-bond donors (Lipinski definition) is 1. The van der Waals surface area contributed by atoms with Crippen LogP contribution in [0.3, 0.4) is 0 Å². The molecule has 1 N–H and O–H groups in total. The highest BCUT2D eigenvalue weighted by Crippen LogP contribution is 2.49. The molecule has 0 aliphatic heterocycles. The van der Waals surface area contributed by atoms with E-state index in [1.54, 1.807) is 12.3 Å². The molecule has 1 aromatic carbocycles. The Morgan fingerprint density at radius 2 is 1.84 bits per heavy atom. The van der Waals surface area contributed by atoms with Crippen LogP contribution in [0.15, 0.2) is 30.5 Å². The van der Waals surface area contributed by atoms with E-state index in [1.165, 1.54) is 37.5 Å². The minimum atomic E-state index is -0.576. The van der Waals surface area contributed by atoms with Crippen LogP contribution in [-0.4, -0.2) is 15.7 Å². The number of nitrogens with one attached hydrogen (secondary N) is 1. The van der Waals surface area contributed by atoms with E-state index >= 15 is 0 Å². The van der Waals surface area contributed by atoms with E-state index in [-0.39, 0.29) is 23.3 Å². The lowest BCUT2D eigenvalue weighted by Gasteiger charge is -2.23. The summed E-state index contributed by atoms with van der Waals surface area (Å²) in [6.45, 7) is 0. The summed E-state index contributed by atoms with van der Waals surface area (Å²) in [7, 11) is 0. The van der Waals surface area contributed by atoms with Crippen LogP contribution < -0.4 is 5.32 Å². The Balaban J connectivity index is 1.45. The summed E-state index contributed by atoms with van der Waals surface area (Å²) in [5.74, 6) is -1.43. The lowest BCUT2D eigenvalue weighted by Crippen LogP contribution is -2.21. The SMILES string of the molecule is O=C(Nc1ccnn1C1CCCCC1)C1CC1c1c(F)cccc1F. The van der Waals surface area contributed by atoms with E-state index in [1.807, 2.05) is 4.68 Å². The lowest BCUT2D eigenvalue weighted by atomic mass is 9.96. The van der Waals surface area contributed by atoms with Gasteiger partial charge in [-0.25, -0.2) is 13.5 Å². The summed E-state index contributed by atoms with van der Waals surface area (Å²) in [6.07, 6.45) is 7.89. The molecular formula is C19H21F2N3O. The number of aromatic nitrogens is 2. The zero-order valence-electron chi connectivity index (χ0n) is 13.9. The number of nitrogens with zero attached hydrogens (tertiary/aromatic N) is 2. The molecule has 6 heteroatoms. The monoisotopic (exact) mass is 345 g/mol. The molecule has 25 heavy (non-hydrogen) atoms. The fraction of sp³-hybridized carbons (Fsp3) is 0.474. The van der Waals surface area contributed by atoms with E-state index in [0.717, 1.165) is 12.8 Å². The predicted octanol–water partition coefficient (Wildman–Crippen LogP) is 4.41. The van der Waals surface area contributed by atoms with Crippen LogP contribution in [0.4, 0.5) is 14.6 Å². The third-order valence-corrected chi connectivity index (χ3v) is 5.34. The fourth-order valence-electron chi connectivity index (χ4n) is 3.92. The Bertz CT molecular complexity index is 762. The molecule has 0 spiro atoms. The van der Waals surface area contributed by atoms with Crippen LogP contribution >= 0.6 is 0 Å². The molecule has 0 saturated heterocycles. The summed E-state index contributed by atoms with van der Waals surface area (Å²) in [5.41, 5.74) is 0.0310. The van der Waals surface area contributed by atoms with Crippen molar-refractivity contribution < 1.29 is 13.6 Å². The Kier molecular flexibility index (Phi) is 4.27. The second-order valence-corrected chi connectivity index (χ2v) is 7.03. The molecular weight excluding hydrogens is 324 g/mol. The topological polar surface area (TPSA) is 46.9 Å². The number of carbonyl (C=O) groups excluding carboxylic acids is 1. The number of amides is 1. The van der Waals surface area contributed by atoms with Gasteiger partial charge in [0.1, 0.15) is 17.5 Å². The van der Waals surface area contributed by atoms with Crippen molar-refractivity contribution in [1.29, 1.82) is 0 Å². The second kappa shape index (κ2) is 6.58. The second-order valence-electron chi connectivity index (χ2n) is 7.03. The van der Waals surface area contributed by atoms with Crippen LogP contribution in [0, 0.1) is 17.6 Å². The summed E-state index contributed by atoms with van der Waals surface area (Å²) in [5, 5.41) is 7.27. The van der Waals surface area contributed by atoms with Crippen LogP contribution in [0.25, 0.3) is 0 Å². The molecule has 0 bridgehead atoms. The van der Waals surface area contributed by atoms with E-state index in [0.29, 0.717) is 18.3 Å². The number of benzene rings is 1. The molecule has 4 rings (SSSR count). The van der Waals surface area contributed by atoms with Gasteiger partial charge in [0.05, 0.1) is 12.2 Å². The minimum absolute atomic E-state index is 0.0310. The first-order valence-corrected chi connectivity index (χ1v) is 8.93. The zero-order valence-corrected chi connectivity index (χ0v) is 13.9. The van der Waals surface area contributed by atoms with Crippen molar-refractivity contribution in [2.75, 3.05) is 5.32 Å². The van der Waals surface area contributed by atoms with Gasteiger partial charge in [-0.1, -0.05) is 25.3 Å². The summed E-state index contributed by atoms with van der Waals surface area (Å²) >= 11 is 0. The fourth-order valence-corrected chi connectivity index (χ4v) is 3.92. The highest BCUT2D eigenvalue weighted by atomic mass is 19.1. The third kappa shape index (κ3) is 3.17. The van der Waals surface area contributed by atoms with Crippen molar-refractivity contribution in [2.24, 2.45) is 5.92 Å². The average Bonchev–Trinajstić information content (AvgIpc) is 3.26. The molecule has 2 aliphatic rings. The number of halogens is 2. The van der Waals surface area contributed by atoms with Gasteiger partial charge in [-0.2, -0.15) is 5.10 Å². The molecule has 2 fully saturated rings. The van der Waals surface area contributed by atoms with E-state index in [4.69, 9.17) is 0 Å².